The molecule has 0 heterocycles. The molecule has 1 aromatic carbocycles. The number of hydrogen-bond donors (Lipinski definition) is 0. The number of hydrogen-bond acceptors (Lipinski definition) is 4. The van der Waals surface area contributed by atoms with Crippen LogP contribution < -0.4 is 4.74 Å². The Balaban J connectivity index is 3.02. The second-order valence-corrected chi connectivity index (χ2v) is 6.18. The monoisotopic (exact) mass is 327 g/mol. The summed E-state index contributed by atoms with van der Waals surface area (Å²) in [6.45, 7) is 0.469. The van der Waals surface area contributed by atoms with Crippen molar-refractivity contribution in [1.29, 1.82) is 0 Å². The van der Waals surface area contributed by atoms with Gasteiger partial charge in [0.25, 0.3) is 0 Å². The largest absolute Gasteiger partial charge is 0.573 e. The van der Waals surface area contributed by atoms with Gasteiger partial charge in [-0.3, -0.25) is 0 Å². The van der Waals surface area contributed by atoms with E-state index in [-0.39, 0.29) is 6.54 Å². The SMILES string of the molecule is COCCCN(C)S(=O)(=O)c1ccccc1OC(F)(F)F. The highest BCUT2D eigenvalue weighted by Crippen LogP contribution is 2.30. The van der Waals surface area contributed by atoms with Crippen molar-refractivity contribution in [2.75, 3.05) is 27.3 Å². The number of para-hydroxylation sites is 1. The maximum absolute atomic E-state index is 12.3. The zero-order valence-electron chi connectivity index (χ0n) is 11.6. The molecule has 0 atom stereocenters. The number of nitrogens with zero attached hydrogens (tertiary/aromatic N) is 1. The van der Waals surface area contributed by atoms with Crippen LogP contribution in [0.2, 0.25) is 0 Å². The summed E-state index contributed by atoms with van der Waals surface area (Å²) in [6.07, 6.45) is -4.53. The van der Waals surface area contributed by atoms with Gasteiger partial charge in [0.15, 0.2) is 0 Å². The van der Waals surface area contributed by atoms with Crippen molar-refractivity contribution < 1.29 is 31.1 Å². The molecule has 120 valence electrons. The van der Waals surface area contributed by atoms with Crippen LogP contribution in [0.3, 0.4) is 0 Å². The van der Waals surface area contributed by atoms with Crippen LogP contribution in [-0.4, -0.2) is 46.4 Å². The molecule has 0 saturated heterocycles. The van der Waals surface area contributed by atoms with E-state index >= 15 is 0 Å². The predicted octanol–water partition coefficient (Wildman–Crippen LogP) is 2.24. The van der Waals surface area contributed by atoms with Crippen LogP contribution in [-0.2, 0) is 14.8 Å². The standard InChI is InChI=1S/C12H16F3NO4S/c1-16(8-5-9-19-2)21(17,18)11-7-4-3-6-10(11)20-12(13,14)15/h3-4,6-7H,5,8-9H2,1-2H3. The van der Waals surface area contributed by atoms with E-state index in [4.69, 9.17) is 4.74 Å². The third kappa shape index (κ3) is 5.18. The Morgan fingerprint density at radius 3 is 2.43 bits per heavy atom. The van der Waals surface area contributed by atoms with Crippen molar-refractivity contribution in [3.63, 3.8) is 0 Å². The van der Waals surface area contributed by atoms with Crippen molar-refractivity contribution in [3.8, 4) is 5.75 Å². The van der Waals surface area contributed by atoms with Gasteiger partial charge >= 0.3 is 6.36 Å². The fourth-order valence-electron chi connectivity index (χ4n) is 1.59. The van der Waals surface area contributed by atoms with Gasteiger partial charge < -0.3 is 9.47 Å². The molecule has 1 aromatic rings. The minimum absolute atomic E-state index is 0.122. The van der Waals surface area contributed by atoms with E-state index in [0.29, 0.717) is 13.0 Å². The highest BCUT2D eigenvalue weighted by atomic mass is 32.2. The van der Waals surface area contributed by atoms with Crippen molar-refractivity contribution in [2.24, 2.45) is 0 Å². The molecule has 0 aromatic heterocycles. The van der Waals surface area contributed by atoms with E-state index in [2.05, 4.69) is 4.74 Å². The number of methoxy groups -OCH3 is 1. The summed E-state index contributed by atoms with van der Waals surface area (Å²) in [7, 11) is -1.31. The lowest BCUT2D eigenvalue weighted by Gasteiger charge is -2.19. The zero-order chi connectivity index (χ0) is 16.1. The molecule has 0 bridgehead atoms. The first-order valence-corrected chi connectivity index (χ1v) is 7.42. The van der Waals surface area contributed by atoms with E-state index in [1.807, 2.05) is 0 Å². The molecule has 0 N–H and O–H groups in total. The first-order chi connectivity index (χ1) is 9.68. The van der Waals surface area contributed by atoms with Crippen LogP contribution in [0.5, 0.6) is 5.75 Å². The molecule has 0 amide bonds. The number of sulfonamides is 1. The van der Waals surface area contributed by atoms with Gasteiger partial charge in [-0.25, -0.2) is 12.7 Å². The summed E-state index contributed by atoms with van der Waals surface area (Å²) in [5.41, 5.74) is 0. The molecule has 0 radical (unpaired) electrons. The van der Waals surface area contributed by atoms with E-state index in [9.17, 15) is 21.6 Å². The van der Waals surface area contributed by atoms with Gasteiger partial charge in [0, 0.05) is 27.3 Å². The Bertz CT molecular complexity index is 560. The minimum Gasteiger partial charge on any atom is -0.404 e. The quantitative estimate of drug-likeness (QED) is 0.721. The Morgan fingerprint density at radius 2 is 1.86 bits per heavy atom. The van der Waals surface area contributed by atoms with Crippen LogP contribution in [0.25, 0.3) is 0 Å². The number of ether oxygens (including phenoxy) is 2. The topological polar surface area (TPSA) is 55.8 Å². The van der Waals surface area contributed by atoms with Crippen molar-refractivity contribution in [2.45, 2.75) is 17.7 Å². The Hall–Kier alpha value is -1.32. The van der Waals surface area contributed by atoms with E-state index in [1.54, 1.807) is 0 Å². The second kappa shape index (κ2) is 7.10. The molecule has 0 saturated carbocycles. The van der Waals surface area contributed by atoms with Gasteiger partial charge in [-0.05, 0) is 18.6 Å². The Labute approximate surface area is 121 Å². The Kier molecular flexibility index (Phi) is 5.99. The van der Waals surface area contributed by atoms with Gasteiger partial charge in [0.2, 0.25) is 10.0 Å². The first-order valence-electron chi connectivity index (χ1n) is 5.98. The number of benzene rings is 1. The molecule has 0 spiro atoms. The third-order valence-electron chi connectivity index (χ3n) is 2.58. The predicted molar refractivity (Wildman–Crippen MR) is 69.4 cm³/mol. The summed E-state index contributed by atoms with van der Waals surface area (Å²) in [6, 6.07) is 4.64. The van der Waals surface area contributed by atoms with E-state index in [0.717, 1.165) is 16.4 Å². The van der Waals surface area contributed by atoms with Crippen LogP contribution in [0.4, 0.5) is 13.2 Å². The van der Waals surface area contributed by atoms with E-state index in [1.165, 1.54) is 26.3 Å². The van der Waals surface area contributed by atoms with Crippen LogP contribution >= 0.6 is 0 Å². The van der Waals surface area contributed by atoms with Crippen molar-refractivity contribution in [1.82, 2.24) is 4.31 Å². The molecular weight excluding hydrogens is 311 g/mol. The van der Waals surface area contributed by atoms with Gasteiger partial charge in [0.1, 0.15) is 10.6 Å². The summed E-state index contributed by atoms with van der Waals surface area (Å²) in [5.74, 6) is -0.747. The third-order valence-corrected chi connectivity index (χ3v) is 4.48. The highest BCUT2D eigenvalue weighted by molar-refractivity contribution is 7.89. The maximum atomic E-state index is 12.3. The summed E-state index contributed by atoms with van der Waals surface area (Å²) < 4.78 is 71.0. The molecule has 0 aliphatic carbocycles. The molecule has 5 nitrogen and oxygen atoms in total. The van der Waals surface area contributed by atoms with Crippen molar-refractivity contribution in [3.05, 3.63) is 24.3 Å². The summed E-state index contributed by atoms with van der Waals surface area (Å²) >= 11 is 0. The van der Waals surface area contributed by atoms with Gasteiger partial charge in [-0.2, -0.15) is 0 Å². The average Bonchev–Trinajstić information content (AvgIpc) is 2.37. The fourth-order valence-corrected chi connectivity index (χ4v) is 2.91. The Morgan fingerprint density at radius 1 is 1.24 bits per heavy atom. The van der Waals surface area contributed by atoms with Crippen LogP contribution in [0.1, 0.15) is 6.42 Å². The molecule has 21 heavy (non-hydrogen) atoms. The van der Waals surface area contributed by atoms with E-state index < -0.39 is 27.0 Å². The van der Waals surface area contributed by atoms with Gasteiger partial charge in [-0.15, -0.1) is 13.2 Å². The lowest BCUT2D eigenvalue weighted by atomic mass is 10.3. The minimum atomic E-state index is -4.96. The number of rotatable bonds is 7. The molecule has 0 unspecified atom stereocenters. The molecule has 0 aliphatic rings. The molecule has 0 aliphatic heterocycles. The van der Waals surface area contributed by atoms with Crippen molar-refractivity contribution >= 4 is 10.0 Å². The molecule has 0 fully saturated rings. The second-order valence-electron chi connectivity index (χ2n) is 4.17. The number of alkyl halides is 3. The smallest absolute Gasteiger partial charge is 0.404 e. The van der Waals surface area contributed by atoms with Gasteiger partial charge in [0.05, 0.1) is 0 Å². The highest BCUT2D eigenvalue weighted by Gasteiger charge is 2.34. The first kappa shape index (κ1) is 17.7. The lowest BCUT2D eigenvalue weighted by molar-refractivity contribution is -0.275. The summed E-state index contributed by atoms with van der Waals surface area (Å²) in [4.78, 5) is -0.526. The lowest BCUT2D eigenvalue weighted by Crippen LogP contribution is -2.29. The fraction of sp³-hybridized carbons (Fsp3) is 0.500. The normalized spacial score (nSPS) is 12.7. The number of halogens is 3. The van der Waals surface area contributed by atoms with Crippen LogP contribution in [0.15, 0.2) is 29.2 Å². The van der Waals surface area contributed by atoms with Crippen LogP contribution in [0, 0.1) is 0 Å². The average molecular weight is 327 g/mol. The maximum Gasteiger partial charge on any atom is 0.573 e. The van der Waals surface area contributed by atoms with Gasteiger partial charge in [-0.1, -0.05) is 12.1 Å². The molecule has 9 heteroatoms. The summed E-state index contributed by atoms with van der Waals surface area (Å²) in [5, 5.41) is 0. The molecule has 1 rings (SSSR count). The molecular formula is C12H16F3NO4S. The zero-order valence-corrected chi connectivity index (χ0v) is 12.4.